The van der Waals surface area contributed by atoms with Crippen LogP contribution < -0.4 is 11.1 Å². The lowest BCUT2D eigenvalue weighted by molar-refractivity contribution is -0.136. The molecule has 0 heterocycles. The molecule has 0 aromatic heterocycles. The molecule has 0 atom stereocenters. The Hall–Kier alpha value is -2.38. The molecule has 0 saturated heterocycles. The second kappa shape index (κ2) is 5.19. The van der Waals surface area contributed by atoms with Crippen molar-refractivity contribution in [2.45, 2.75) is 6.18 Å². The van der Waals surface area contributed by atoms with Crippen LogP contribution in [-0.2, 0) is 6.18 Å². The summed E-state index contributed by atoms with van der Waals surface area (Å²) in [4.78, 5) is 0. The summed E-state index contributed by atoms with van der Waals surface area (Å²) in [5, 5.41) is 2.18. The van der Waals surface area contributed by atoms with Gasteiger partial charge in [0, 0.05) is 23.5 Å². The number of rotatable bonds is 2. The number of nitrogen functional groups attached to an aromatic ring is 1. The van der Waals surface area contributed by atoms with Crippen LogP contribution in [0.1, 0.15) is 5.56 Å². The molecule has 0 saturated carbocycles. The van der Waals surface area contributed by atoms with Crippen molar-refractivity contribution in [1.82, 2.24) is 0 Å². The second-order valence-electron chi connectivity index (χ2n) is 4.17. The second-order valence-corrected chi connectivity index (χ2v) is 4.17. The normalized spacial score (nSPS) is 11.5. The van der Waals surface area contributed by atoms with Crippen LogP contribution in [0, 0.1) is 17.5 Å². The average molecular weight is 306 g/mol. The van der Waals surface area contributed by atoms with E-state index in [-0.39, 0.29) is 5.69 Å². The largest absolute Gasteiger partial charge is 0.418 e. The van der Waals surface area contributed by atoms with Gasteiger partial charge in [0.05, 0.1) is 11.3 Å². The highest BCUT2D eigenvalue weighted by molar-refractivity contribution is 5.65. The van der Waals surface area contributed by atoms with Crippen molar-refractivity contribution < 1.29 is 26.3 Å². The van der Waals surface area contributed by atoms with Crippen LogP contribution in [0.4, 0.5) is 43.4 Å². The standard InChI is InChI=1S/C13H8F6N2/c14-6-3-9(15)12(16)11(4-6)21-7-1-2-10(20)8(5-7)13(17,18)19/h1-5,21H,20H2. The topological polar surface area (TPSA) is 38.0 Å². The van der Waals surface area contributed by atoms with Crippen LogP contribution in [0.3, 0.4) is 0 Å². The molecule has 21 heavy (non-hydrogen) atoms. The van der Waals surface area contributed by atoms with Gasteiger partial charge in [0.2, 0.25) is 0 Å². The first-order valence-electron chi connectivity index (χ1n) is 5.57. The van der Waals surface area contributed by atoms with E-state index in [1.54, 1.807) is 0 Å². The minimum atomic E-state index is -4.70. The lowest BCUT2D eigenvalue weighted by Gasteiger charge is -2.13. The van der Waals surface area contributed by atoms with Crippen LogP contribution in [0.5, 0.6) is 0 Å². The van der Waals surface area contributed by atoms with Crippen LogP contribution in [0.2, 0.25) is 0 Å². The van der Waals surface area contributed by atoms with E-state index < -0.39 is 40.6 Å². The van der Waals surface area contributed by atoms with Gasteiger partial charge in [-0.3, -0.25) is 0 Å². The zero-order chi connectivity index (χ0) is 15.8. The number of anilines is 3. The molecule has 8 heteroatoms. The third kappa shape index (κ3) is 3.21. The smallest absolute Gasteiger partial charge is 0.398 e. The number of hydrogen-bond acceptors (Lipinski definition) is 2. The summed E-state index contributed by atoms with van der Waals surface area (Å²) in [6.45, 7) is 0. The fourth-order valence-electron chi connectivity index (χ4n) is 1.68. The fraction of sp³-hybridized carbons (Fsp3) is 0.0769. The van der Waals surface area contributed by atoms with Crippen LogP contribution >= 0.6 is 0 Å². The number of nitrogens with one attached hydrogen (secondary N) is 1. The number of benzene rings is 2. The Morgan fingerprint density at radius 3 is 2.24 bits per heavy atom. The van der Waals surface area contributed by atoms with Crippen molar-refractivity contribution in [2.24, 2.45) is 0 Å². The van der Waals surface area contributed by atoms with Gasteiger partial charge < -0.3 is 11.1 Å². The van der Waals surface area contributed by atoms with Gasteiger partial charge in [-0.1, -0.05) is 0 Å². The summed E-state index contributed by atoms with van der Waals surface area (Å²) in [5.41, 5.74) is 2.73. The van der Waals surface area contributed by atoms with Gasteiger partial charge in [0.15, 0.2) is 11.6 Å². The first-order valence-corrected chi connectivity index (χ1v) is 5.57. The van der Waals surface area contributed by atoms with Gasteiger partial charge in [0.25, 0.3) is 0 Å². The maximum atomic E-state index is 13.4. The van der Waals surface area contributed by atoms with Crippen molar-refractivity contribution in [3.8, 4) is 0 Å². The molecule has 0 unspecified atom stereocenters. The molecule has 2 rings (SSSR count). The molecule has 2 aromatic rings. The Morgan fingerprint density at radius 1 is 0.952 bits per heavy atom. The first-order chi connectivity index (χ1) is 9.68. The Morgan fingerprint density at radius 2 is 1.62 bits per heavy atom. The van der Waals surface area contributed by atoms with E-state index in [4.69, 9.17) is 5.73 Å². The average Bonchev–Trinajstić information content (AvgIpc) is 2.36. The van der Waals surface area contributed by atoms with Crippen LogP contribution in [0.25, 0.3) is 0 Å². The monoisotopic (exact) mass is 306 g/mol. The third-order valence-corrected chi connectivity index (χ3v) is 2.63. The van der Waals surface area contributed by atoms with Crippen molar-refractivity contribution >= 4 is 17.1 Å². The molecule has 0 radical (unpaired) electrons. The van der Waals surface area contributed by atoms with E-state index in [0.29, 0.717) is 18.2 Å². The molecule has 0 aliphatic heterocycles. The zero-order valence-electron chi connectivity index (χ0n) is 10.2. The van der Waals surface area contributed by atoms with E-state index >= 15 is 0 Å². The third-order valence-electron chi connectivity index (χ3n) is 2.63. The lowest BCUT2D eigenvalue weighted by atomic mass is 10.1. The highest BCUT2D eigenvalue weighted by atomic mass is 19.4. The summed E-state index contributed by atoms with van der Waals surface area (Å²) in [7, 11) is 0. The molecular formula is C13H8F6N2. The highest BCUT2D eigenvalue weighted by Crippen LogP contribution is 2.36. The van der Waals surface area contributed by atoms with Crippen molar-refractivity contribution in [2.75, 3.05) is 11.1 Å². The van der Waals surface area contributed by atoms with Gasteiger partial charge in [-0.25, -0.2) is 13.2 Å². The summed E-state index contributed by atoms with van der Waals surface area (Å²) in [6, 6.07) is 3.66. The highest BCUT2D eigenvalue weighted by Gasteiger charge is 2.33. The molecule has 0 aliphatic carbocycles. The van der Waals surface area contributed by atoms with Gasteiger partial charge in [-0.2, -0.15) is 13.2 Å². The van der Waals surface area contributed by atoms with Crippen LogP contribution in [-0.4, -0.2) is 0 Å². The Bertz CT molecular complexity index is 681. The van der Waals surface area contributed by atoms with Crippen molar-refractivity contribution in [1.29, 1.82) is 0 Å². The first kappa shape index (κ1) is 15.0. The Kier molecular flexibility index (Phi) is 3.71. The molecule has 0 spiro atoms. The molecule has 2 aromatic carbocycles. The molecule has 0 bridgehead atoms. The number of halogens is 6. The van der Waals surface area contributed by atoms with Crippen molar-refractivity contribution in [3.05, 3.63) is 53.3 Å². The summed E-state index contributed by atoms with van der Waals surface area (Å²) in [6.07, 6.45) is -4.70. The molecule has 0 amide bonds. The maximum Gasteiger partial charge on any atom is 0.418 e. The minimum Gasteiger partial charge on any atom is -0.398 e. The predicted octanol–water partition coefficient (Wildman–Crippen LogP) is 4.45. The number of alkyl halides is 3. The zero-order valence-corrected chi connectivity index (χ0v) is 10.2. The van der Waals surface area contributed by atoms with Gasteiger partial charge in [-0.15, -0.1) is 0 Å². The van der Waals surface area contributed by atoms with Crippen molar-refractivity contribution in [3.63, 3.8) is 0 Å². The number of nitrogens with two attached hydrogens (primary N) is 1. The van der Waals surface area contributed by atoms with E-state index in [2.05, 4.69) is 5.32 Å². The summed E-state index contributed by atoms with van der Waals surface area (Å²) >= 11 is 0. The van der Waals surface area contributed by atoms with E-state index in [9.17, 15) is 26.3 Å². The quantitative estimate of drug-likeness (QED) is 0.489. The molecular weight excluding hydrogens is 298 g/mol. The summed E-state index contributed by atoms with van der Waals surface area (Å²) < 4.78 is 77.5. The van der Waals surface area contributed by atoms with Crippen LogP contribution in [0.15, 0.2) is 30.3 Å². The molecule has 112 valence electrons. The Balaban J connectivity index is 2.41. The molecule has 0 fully saturated rings. The molecule has 2 nitrogen and oxygen atoms in total. The predicted molar refractivity (Wildman–Crippen MR) is 65.5 cm³/mol. The molecule has 3 N–H and O–H groups in total. The van der Waals surface area contributed by atoms with Gasteiger partial charge in [0.1, 0.15) is 5.82 Å². The number of hydrogen-bond donors (Lipinski definition) is 2. The minimum absolute atomic E-state index is 0.208. The van der Waals surface area contributed by atoms with E-state index in [1.165, 1.54) is 0 Å². The summed E-state index contributed by atoms with van der Waals surface area (Å²) in [5.74, 6) is -3.92. The maximum absolute atomic E-state index is 13.4. The lowest BCUT2D eigenvalue weighted by Crippen LogP contribution is -2.09. The Labute approximate surface area is 115 Å². The van der Waals surface area contributed by atoms with Gasteiger partial charge >= 0.3 is 6.18 Å². The SMILES string of the molecule is Nc1ccc(Nc2cc(F)cc(F)c2F)cc1C(F)(F)F. The van der Waals surface area contributed by atoms with E-state index in [0.717, 1.165) is 12.1 Å². The van der Waals surface area contributed by atoms with Gasteiger partial charge in [-0.05, 0) is 18.2 Å². The van der Waals surface area contributed by atoms with E-state index in [1.807, 2.05) is 0 Å². The molecule has 0 aliphatic rings. The fourth-order valence-corrected chi connectivity index (χ4v) is 1.68.